The second-order valence-corrected chi connectivity index (χ2v) is 5.18. The highest BCUT2D eigenvalue weighted by Gasteiger charge is 2.21. The van der Waals surface area contributed by atoms with Crippen LogP contribution in [0.1, 0.15) is 18.5 Å². The smallest absolute Gasteiger partial charge is 0.253 e. The molecule has 1 aliphatic rings. The molecule has 0 bridgehead atoms. The number of hydrogen-bond donors (Lipinski definition) is 1. The Labute approximate surface area is 128 Å². The summed E-state index contributed by atoms with van der Waals surface area (Å²) in [5.74, 6) is 0.309. The number of nitrogens with zero attached hydrogens (tertiary/aromatic N) is 2. The second kappa shape index (κ2) is 6.76. The minimum Gasteiger partial charge on any atom is -0.539 e. The van der Waals surface area contributed by atoms with Crippen molar-refractivity contribution in [1.82, 2.24) is 10.6 Å². The van der Waals surface area contributed by atoms with Gasteiger partial charge in [-0.2, -0.15) is 0 Å². The third kappa shape index (κ3) is 3.20. The molecular formula is C15H19N3O4. The van der Waals surface area contributed by atoms with Gasteiger partial charge in [0.15, 0.2) is 5.95 Å². The summed E-state index contributed by atoms with van der Waals surface area (Å²) in [6.07, 6.45) is 2.38. The largest absolute Gasteiger partial charge is 0.539 e. The number of hydrogen-bond acceptors (Lipinski definition) is 6. The lowest BCUT2D eigenvalue weighted by Gasteiger charge is -2.09. The lowest BCUT2D eigenvalue weighted by molar-refractivity contribution is -0.677. The van der Waals surface area contributed by atoms with E-state index in [9.17, 15) is 5.11 Å². The number of ether oxygens (including phenoxy) is 2. The molecule has 0 amide bonds. The third-order valence-electron chi connectivity index (χ3n) is 3.70. The fourth-order valence-corrected chi connectivity index (χ4v) is 2.50. The molecule has 1 fully saturated rings. The Bertz CT molecular complexity index is 606. The highest BCUT2D eigenvalue weighted by atomic mass is 16.6. The van der Waals surface area contributed by atoms with Gasteiger partial charge in [0.2, 0.25) is 5.69 Å². The van der Waals surface area contributed by atoms with E-state index in [0.717, 1.165) is 30.9 Å². The quantitative estimate of drug-likeness (QED) is 0.773. The average molecular weight is 305 g/mol. The van der Waals surface area contributed by atoms with E-state index in [1.165, 1.54) is 4.68 Å². The van der Waals surface area contributed by atoms with Crippen molar-refractivity contribution >= 4 is 0 Å². The zero-order valence-electron chi connectivity index (χ0n) is 12.4. The van der Waals surface area contributed by atoms with Gasteiger partial charge in [-0.05, 0) is 29.7 Å². The van der Waals surface area contributed by atoms with Crippen LogP contribution in [0.5, 0.6) is 11.7 Å². The summed E-state index contributed by atoms with van der Waals surface area (Å²) in [6.45, 7) is 1.92. The standard InChI is InChI=1S/C15H19N3O4/c1-20-12-6-4-11(5-7-12)18-14(15(19)22-17-18)10-16-9-13-3-2-8-21-13/h4-7,13,16H,2-3,8-10H2,1H3. The first-order valence-corrected chi connectivity index (χ1v) is 7.32. The SMILES string of the molecule is COc1ccc(-[n+]2noc([O-])c2CNCC2CCCO2)cc1. The van der Waals surface area contributed by atoms with Crippen molar-refractivity contribution in [2.75, 3.05) is 20.3 Å². The first-order valence-electron chi connectivity index (χ1n) is 7.32. The predicted molar refractivity (Wildman–Crippen MR) is 74.7 cm³/mol. The molecular weight excluding hydrogens is 286 g/mol. The molecule has 1 saturated heterocycles. The topological polar surface area (TPSA) is 83.5 Å². The third-order valence-corrected chi connectivity index (χ3v) is 3.70. The molecule has 1 aromatic carbocycles. The highest BCUT2D eigenvalue weighted by molar-refractivity contribution is 5.31. The zero-order valence-corrected chi connectivity index (χ0v) is 12.4. The molecule has 1 unspecified atom stereocenters. The van der Waals surface area contributed by atoms with Crippen LogP contribution in [0.4, 0.5) is 0 Å². The lowest BCUT2D eigenvalue weighted by Crippen LogP contribution is -2.39. The van der Waals surface area contributed by atoms with E-state index < -0.39 is 5.95 Å². The fourth-order valence-electron chi connectivity index (χ4n) is 2.50. The molecule has 1 aliphatic heterocycles. The number of nitrogens with one attached hydrogen (secondary N) is 1. The first-order chi connectivity index (χ1) is 10.8. The number of aromatic nitrogens is 2. The molecule has 0 aliphatic carbocycles. The Hall–Kier alpha value is -2.12. The van der Waals surface area contributed by atoms with E-state index in [4.69, 9.17) is 14.0 Å². The zero-order chi connectivity index (χ0) is 15.4. The maximum atomic E-state index is 11.8. The number of rotatable bonds is 6. The van der Waals surface area contributed by atoms with E-state index in [2.05, 4.69) is 10.6 Å². The summed E-state index contributed by atoms with van der Waals surface area (Å²) in [6, 6.07) is 7.27. The lowest BCUT2D eigenvalue weighted by atomic mass is 10.2. The molecule has 0 saturated carbocycles. The molecule has 2 aromatic rings. The number of methoxy groups -OCH3 is 1. The molecule has 1 aromatic heterocycles. The van der Waals surface area contributed by atoms with Gasteiger partial charge < -0.3 is 24.4 Å². The summed E-state index contributed by atoms with van der Waals surface area (Å²) in [7, 11) is 1.61. The Balaban J connectivity index is 1.69. The van der Waals surface area contributed by atoms with E-state index in [-0.39, 0.29) is 6.10 Å². The van der Waals surface area contributed by atoms with Gasteiger partial charge in [0.25, 0.3) is 5.69 Å². The van der Waals surface area contributed by atoms with Crippen LogP contribution in [0.2, 0.25) is 0 Å². The van der Waals surface area contributed by atoms with Crippen LogP contribution in [0.15, 0.2) is 28.8 Å². The molecule has 3 rings (SSSR count). The van der Waals surface area contributed by atoms with E-state index in [1.807, 2.05) is 24.3 Å². The van der Waals surface area contributed by atoms with Gasteiger partial charge in [-0.25, -0.2) is 0 Å². The average Bonchev–Trinajstić information content (AvgIpc) is 3.18. The fraction of sp³-hybridized carbons (Fsp3) is 0.467. The van der Waals surface area contributed by atoms with Crippen LogP contribution < -0.4 is 19.8 Å². The van der Waals surface area contributed by atoms with E-state index >= 15 is 0 Å². The minimum atomic E-state index is -0.435. The maximum absolute atomic E-state index is 11.8. The van der Waals surface area contributed by atoms with Gasteiger partial charge in [-0.15, -0.1) is 0 Å². The van der Waals surface area contributed by atoms with Crippen LogP contribution in [-0.4, -0.2) is 31.6 Å². The van der Waals surface area contributed by atoms with Crippen molar-refractivity contribution in [2.24, 2.45) is 0 Å². The van der Waals surface area contributed by atoms with Gasteiger partial charge in [0.05, 0.1) is 25.0 Å². The van der Waals surface area contributed by atoms with Gasteiger partial charge in [0.1, 0.15) is 5.75 Å². The van der Waals surface area contributed by atoms with Crippen molar-refractivity contribution < 1.29 is 23.8 Å². The van der Waals surface area contributed by atoms with Gasteiger partial charge >= 0.3 is 0 Å². The summed E-state index contributed by atoms with van der Waals surface area (Å²) in [5.41, 5.74) is 1.21. The molecule has 2 heterocycles. The van der Waals surface area contributed by atoms with Crippen LogP contribution in [0.3, 0.4) is 0 Å². The van der Waals surface area contributed by atoms with Crippen molar-refractivity contribution in [2.45, 2.75) is 25.5 Å². The van der Waals surface area contributed by atoms with Gasteiger partial charge in [-0.1, -0.05) is 0 Å². The van der Waals surface area contributed by atoms with Crippen LogP contribution in [-0.2, 0) is 11.3 Å². The second-order valence-electron chi connectivity index (χ2n) is 5.18. The predicted octanol–water partition coefficient (Wildman–Crippen LogP) is 0.302. The molecule has 1 atom stereocenters. The van der Waals surface area contributed by atoms with E-state index in [1.54, 1.807) is 7.11 Å². The van der Waals surface area contributed by atoms with E-state index in [0.29, 0.717) is 18.8 Å². The first kappa shape index (κ1) is 14.8. The molecule has 0 spiro atoms. The Morgan fingerprint density at radius 2 is 2.23 bits per heavy atom. The van der Waals surface area contributed by atoms with Crippen LogP contribution >= 0.6 is 0 Å². The van der Waals surface area contributed by atoms with Crippen molar-refractivity contribution in [3.63, 3.8) is 0 Å². The highest BCUT2D eigenvalue weighted by Crippen LogP contribution is 2.15. The Morgan fingerprint density at radius 3 is 2.91 bits per heavy atom. The van der Waals surface area contributed by atoms with Crippen LogP contribution in [0.25, 0.3) is 5.69 Å². The minimum absolute atomic E-state index is 0.226. The summed E-state index contributed by atoms with van der Waals surface area (Å²) in [4.78, 5) is 0. The summed E-state index contributed by atoms with van der Waals surface area (Å²) >= 11 is 0. The summed E-state index contributed by atoms with van der Waals surface area (Å²) in [5, 5.41) is 18.9. The normalized spacial score (nSPS) is 17.8. The van der Waals surface area contributed by atoms with Crippen LogP contribution in [0, 0.1) is 0 Å². The molecule has 1 N–H and O–H groups in total. The van der Waals surface area contributed by atoms with Gasteiger partial charge in [-0.3, -0.25) is 0 Å². The molecule has 0 radical (unpaired) electrons. The van der Waals surface area contributed by atoms with Crippen molar-refractivity contribution in [1.29, 1.82) is 0 Å². The van der Waals surface area contributed by atoms with Crippen molar-refractivity contribution in [3.05, 3.63) is 30.0 Å². The summed E-state index contributed by atoms with van der Waals surface area (Å²) < 4.78 is 17.0. The molecule has 7 heteroatoms. The number of benzene rings is 1. The Kier molecular flexibility index (Phi) is 4.55. The molecule has 118 valence electrons. The monoisotopic (exact) mass is 305 g/mol. The van der Waals surface area contributed by atoms with Crippen molar-refractivity contribution in [3.8, 4) is 17.4 Å². The van der Waals surface area contributed by atoms with Gasteiger partial charge in [0, 0.05) is 25.3 Å². The Morgan fingerprint density at radius 1 is 1.41 bits per heavy atom. The molecule has 7 nitrogen and oxygen atoms in total. The molecule has 22 heavy (non-hydrogen) atoms. The maximum Gasteiger partial charge on any atom is 0.253 e.